The summed E-state index contributed by atoms with van der Waals surface area (Å²) in [6.07, 6.45) is 2.71. The average Bonchev–Trinajstić information content (AvgIpc) is 2.60. The van der Waals surface area contributed by atoms with Gasteiger partial charge in [-0.3, -0.25) is 14.4 Å². The second-order valence-corrected chi connectivity index (χ2v) is 7.79. The maximum atomic E-state index is 12.3. The molecule has 6 N–H and O–H groups in total. The molecule has 3 atom stereocenters. The maximum absolute atomic E-state index is 12.3. The van der Waals surface area contributed by atoms with Gasteiger partial charge in [0.05, 0.1) is 12.6 Å². The van der Waals surface area contributed by atoms with Crippen LogP contribution in [0.25, 0.3) is 0 Å². The van der Waals surface area contributed by atoms with Crippen molar-refractivity contribution in [2.45, 2.75) is 44.8 Å². The molecule has 9 nitrogen and oxygen atoms in total. The van der Waals surface area contributed by atoms with E-state index in [0.717, 1.165) is 5.75 Å². The highest BCUT2D eigenvalue weighted by Crippen LogP contribution is 2.06. The van der Waals surface area contributed by atoms with Crippen LogP contribution in [0, 0.1) is 5.92 Å². The van der Waals surface area contributed by atoms with Gasteiger partial charge in [0.2, 0.25) is 17.7 Å². The van der Waals surface area contributed by atoms with Gasteiger partial charge in [-0.15, -0.1) is 0 Å². The molecule has 0 saturated heterocycles. The number of thioether (sulfide) groups is 1. The number of hydrogen-bond donors (Lipinski definition) is 6. The van der Waals surface area contributed by atoms with E-state index in [1.54, 1.807) is 11.8 Å². The molecule has 0 fully saturated rings. The number of hydrogen-bond acceptors (Lipinski definition) is 7. The van der Waals surface area contributed by atoms with Crippen molar-refractivity contribution < 1.29 is 24.3 Å². The predicted molar refractivity (Wildman–Crippen MR) is 109 cm³/mol. The lowest BCUT2D eigenvalue weighted by molar-refractivity contribution is -0.141. The Balaban J connectivity index is 4.70. The lowest BCUT2D eigenvalue weighted by atomic mass is 10.0. The van der Waals surface area contributed by atoms with Crippen LogP contribution in [-0.2, 0) is 19.2 Å². The first-order valence-electron chi connectivity index (χ1n) is 8.57. The Morgan fingerprint density at radius 3 is 2.22 bits per heavy atom. The third-order valence-electron chi connectivity index (χ3n) is 3.55. The minimum atomic E-state index is -1.21. The number of thiol groups is 1. The monoisotopic (exact) mass is 422 g/mol. The number of carbonyl (C=O) groups is 4. The van der Waals surface area contributed by atoms with E-state index in [-0.39, 0.29) is 18.2 Å². The molecule has 0 saturated carbocycles. The van der Waals surface area contributed by atoms with E-state index in [2.05, 4.69) is 28.6 Å². The van der Waals surface area contributed by atoms with E-state index in [9.17, 15) is 19.2 Å². The van der Waals surface area contributed by atoms with Crippen molar-refractivity contribution >= 4 is 48.1 Å². The molecule has 0 radical (unpaired) electrons. The summed E-state index contributed by atoms with van der Waals surface area (Å²) >= 11 is 5.46. The molecule has 0 heterocycles. The van der Waals surface area contributed by atoms with E-state index in [0.29, 0.717) is 12.8 Å². The summed E-state index contributed by atoms with van der Waals surface area (Å²) in [6, 6.07) is -2.77. The summed E-state index contributed by atoms with van der Waals surface area (Å²) in [5, 5.41) is 16.3. The van der Waals surface area contributed by atoms with Gasteiger partial charge in [0.15, 0.2) is 0 Å². The fourth-order valence-corrected chi connectivity index (χ4v) is 2.82. The first kappa shape index (κ1) is 25.5. The Morgan fingerprint density at radius 1 is 1.11 bits per heavy atom. The molecule has 0 aliphatic heterocycles. The van der Waals surface area contributed by atoms with Gasteiger partial charge in [-0.25, -0.2) is 4.79 Å². The molecule has 0 rings (SSSR count). The lowest BCUT2D eigenvalue weighted by Gasteiger charge is -2.22. The van der Waals surface area contributed by atoms with Crippen LogP contribution in [0.5, 0.6) is 0 Å². The Labute approximate surface area is 169 Å². The molecule has 3 unspecified atom stereocenters. The Hall–Kier alpha value is -1.46. The van der Waals surface area contributed by atoms with E-state index in [1.165, 1.54) is 0 Å². The van der Waals surface area contributed by atoms with Crippen LogP contribution in [0.15, 0.2) is 0 Å². The van der Waals surface area contributed by atoms with Crippen LogP contribution >= 0.6 is 24.4 Å². The van der Waals surface area contributed by atoms with Crippen LogP contribution in [-0.4, -0.2) is 71.2 Å². The van der Waals surface area contributed by atoms with Gasteiger partial charge in [-0.2, -0.15) is 24.4 Å². The molecular formula is C16H30N4O5S2. The molecule has 0 aliphatic carbocycles. The predicted octanol–water partition coefficient (Wildman–Crippen LogP) is -0.787. The summed E-state index contributed by atoms with van der Waals surface area (Å²) in [7, 11) is 0. The standard InChI is InChI=1S/C16H30N4O5S2/c1-9(2)6-11(15(23)20-12(8-26)16(24)25)19-13(21)7-18-14(22)10(17)4-5-27-3/h9-12,26H,4-8,17H2,1-3H3,(H,18,22)(H,19,21)(H,20,23)(H,24,25). The highest BCUT2D eigenvalue weighted by molar-refractivity contribution is 7.98. The molecule has 0 aromatic carbocycles. The second-order valence-electron chi connectivity index (χ2n) is 6.44. The van der Waals surface area contributed by atoms with Crippen molar-refractivity contribution in [3.63, 3.8) is 0 Å². The molecule has 0 spiro atoms. The van der Waals surface area contributed by atoms with Crippen LogP contribution in [0.4, 0.5) is 0 Å². The zero-order valence-electron chi connectivity index (χ0n) is 15.9. The highest BCUT2D eigenvalue weighted by atomic mass is 32.2. The summed E-state index contributed by atoms with van der Waals surface area (Å²) in [6.45, 7) is 3.42. The molecule has 27 heavy (non-hydrogen) atoms. The highest BCUT2D eigenvalue weighted by Gasteiger charge is 2.26. The first-order valence-corrected chi connectivity index (χ1v) is 10.6. The average molecular weight is 423 g/mol. The van der Waals surface area contributed by atoms with E-state index >= 15 is 0 Å². The van der Waals surface area contributed by atoms with Gasteiger partial charge >= 0.3 is 5.97 Å². The largest absolute Gasteiger partial charge is 0.480 e. The maximum Gasteiger partial charge on any atom is 0.327 e. The fourth-order valence-electron chi connectivity index (χ4n) is 2.08. The number of rotatable bonds is 13. The van der Waals surface area contributed by atoms with Crippen molar-refractivity contribution in [3.05, 3.63) is 0 Å². The van der Waals surface area contributed by atoms with Gasteiger partial charge in [-0.1, -0.05) is 13.8 Å². The molecule has 3 amide bonds. The molecule has 0 aromatic heterocycles. The van der Waals surface area contributed by atoms with E-state index in [1.807, 2.05) is 20.1 Å². The van der Waals surface area contributed by atoms with Gasteiger partial charge in [0.25, 0.3) is 0 Å². The van der Waals surface area contributed by atoms with Crippen molar-refractivity contribution in [1.82, 2.24) is 16.0 Å². The van der Waals surface area contributed by atoms with Crippen LogP contribution in [0.1, 0.15) is 26.7 Å². The fraction of sp³-hybridized carbons (Fsp3) is 0.750. The third-order valence-corrected chi connectivity index (χ3v) is 4.56. The Kier molecular flexibility index (Phi) is 12.9. The van der Waals surface area contributed by atoms with Crippen LogP contribution in [0.2, 0.25) is 0 Å². The van der Waals surface area contributed by atoms with Crippen LogP contribution < -0.4 is 21.7 Å². The quantitative estimate of drug-likeness (QED) is 0.213. The molecule has 0 aromatic rings. The van der Waals surface area contributed by atoms with Crippen molar-refractivity contribution in [1.29, 1.82) is 0 Å². The number of carboxylic acids is 1. The van der Waals surface area contributed by atoms with Crippen molar-refractivity contribution in [2.24, 2.45) is 11.7 Å². The van der Waals surface area contributed by atoms with Gasteiger partial charge in [0, 0.05) is 5.75 Å². The molecular weight excluding hydrogens is 392 g/mol. The summed E-state index contributed by atoms with van der Waals surface area (Å²) < 4.78 is 0. The summed E-state index contributed by atoms with van der Waals surface area (Å²) in [5.41, 5.74) is 5.72. The number of amides is 3. The minimum Gasteiger partial charge on any atom is -0.480 e. The van der Waals surface area contributed by atoms with Crippen LogP contribution in [0.3, 0.4) is 0 Å². The topological polar surface area (TPSA) is 151 Å². The second kappa shape index (κ2) is 13.7. The van der Waals surface area contributed by atoms with Crippen molar-refractivity contribution in [2.75, 3.05) is 24.3 Å². The number of aliphatic carboxylic acids is 1. The first-order chi connectivity index (χ1) is 12.6. The smallest absolute Gasteiger partial charge is 0.327 e. The third kappa shape index (κ3) is 11.1. The van der Waals surface area contributed by atoms with E-state index < -0.39 is 41.8 Å². The van der Waals surface area contributed by atoms with Gasteiger partial charge in [-0.05, 0) is 30.8 Å². The number of nitrogens with two attached hydrogens (primary N) is 1. The number of carboxylic acid groups (broad SMARTS) is 1. The zero-order chi connectivity index (χ0) is 21.0. The minimum absolute atomic E-state index is 0.0760. The van der Waals surface area contributed by atoms with Crippen molar-refractivity contribution in [3.8, 4) is 0 Å². The zero-order valence-corrected chi connectivity index (χ0v) is 17.6. The molecule has 11 heteroatoms. The Morgan fingerprint density at radius 2 is 1.74 bits per heavy atom. The number of carbonyl (C=O) groups excluding carboxylic acids is 3. The number of nitrogens with one attached hydrogen (secondary N) is 3. The normalized spacial score (nSPS) is 14.1. The molecule has 0 bridgehead atoms. The summed E-state index contributed by atoms with van der Waals surface area (Å²) in [4.78, 5) is 47.3. The summed E-state index contributed by atoms with van der Waals surface area (Å²) in [5.74, 6) is -2.08. The Bertz CT molecular complexity index is 519. The molecule has 0 aliphatic rings. The SMILES string of the molecule is CSCCC(N)C(=O)NCC(=O)NC(CC(C)C)C(=O)NC(CS)C(=O)O. The van der Waals surface area contributed by atoms with E-state index in [4.69, 9.17) is 10.8 Å². The van der Waals surface area contributed by atoms with Gasteiger partial charge in [0.1, 0.15) is 12.1 Å². The van der Waals surface area contributed by atoms with Gasteiger partial charge < -0.3 is 26.8 Å². The molecule has 156 valence electrons. The lowest BCUT2D eigenvalue weighted by Crippen LogP contribution is -2.54.